The number of fused-ring (bicyclic) bond motifs is 1. The maximum atomic E-state index is 15.1. The lowest BCUT2D eigenvalue weighted by molar-refractivity contribution is -0.138. The number of hydrogen-bond acceptors (Lipinski definition) is 7. The van der Waals surface area contributed by atoms with Gasteiger partial charge in [0.1, 0.15) is 23.6 Å². The predicted molar refractivity (Wildman–Crippen MR) is 198 cm³/mol. The molecule has 50 heavy (non-hydrogen) atoms. The Bertz CT molecular complexity index is 1550. The number of rotatable bonds is 8. The Balaban J connectivity index is 0.000000320. The SMILES string of the molecule is CC(C)N(CCCN)C(=O)C1CCCCC1.CNC.COc1ccc(C)c(-c2c(Cl)c(F)cc3c2CC(c2ccccc2)O3)c1F.NC=C=O. The molecule has 5 N–H and O–H groups in total. The molecule has 1 unspecified atom stereocenters. The molecule has 11 heteroatoms. The zero-order valence-corrected chi connectivity index (χ0v) is 30.9. The number of nitrogens with zero attached hydrogens (tertiary/aromatic N) is 1. The van der Waals surface area contributed by atoms with Crippen molar-refractivity contribution in [3.8, 4) is 22.6 Å². The van der Waals surface area contributed by atoms with Gasteiger partial charge in [0, 0.05) is 47.7 Å². The van der Waals surface area contributed by atoms with Gasteiger partial charge in [-0.1, -0.05) is 67.3 Å². The van der Waals surface area contributed by atoms with Crippen LogP contribution in [0.3, 0.4) is 0 Å². The Kier molecular flexibility index (Phi) is 18.6. The third-order valence-electron chi connectivity index (χ3n) is 8.43. The van der Waals surface area contributed by atoms with E-state index in [1.165, 1.54) is 38.4 Å². The summed E-state index contributed by atoms with van der Waals surface area (Å²) in [7, 11) is 5.14. The maximum absolute atomic E-state index is 15.1. The largest absolute Gasteiger partial charge is 0.494 e. The number of nitrogens with two attached hydrogens (primary N) is 2. The summed E-state index contributed by atoms with van der Waals surface area (Å²) in [6, 6.07) is 14.5. The van der Waals surface area contributed by atoms with Gasteiger partial charge < -0.3 is 31.2 Å². The normalized spacial score (nSPS) is 14.7. The van der Waals surface area contributed by atoms with Gasteiger partial charge in [-0.05, 0) is 77.9 Å². The van der Waals surface area contributed by atoms with Crippen LogP contribution in [0.5, 0.6) is 11.5 Å². The number of halogens is 3. The first-order valence-electron chi connectivity index (χ1n) is 17.1. The second-order valence-electron chi connectivity index (χ2n) is 12.4. The molecule has 3 aromatic carbocycles. The Morgan fingerprint density at radius 1 is 1.12 bits per heavy atom. The minimum Gasteiger partial charge on any atom is -0.494 e. The van der Waals surface area contributed by atoms with Crippen LogP contribution in [0, 0.1) is 24.5 Å². The maximum Gasteiger partial charge on any atom is 0.225 e. The van der Waals surface area contributed by atoms with Crippen molar-refractivity contribution in [3.05, 3.63) is 88.1 Å². The number of ether oxygens (including phenoxy) is 2. The van der Waals surface area contributed by atoms with Crippen LogP contribution in [0.2, 0.25) is 5.02 Å². The van der Waals surface area contributed by atoms with Crippen molar-refractivity contribution in [1.82, 2.24) is 10.2 Å². The van der Waals surface area contributed by atoms with E-state index in [0.717, 1.165) is 37.6 Å². The van der Waals surface area contributed by atoms with Crippen molar-refractivity contribution < 1.29 is 27.8 Å². The van der Waals surface area contributed by atoms with Crippen LogP contribution in [-0.2, 0) is 16.0 Å². The Morgan fingerprint density at radius 2 is 1.74 bits per heavy atom. The summed E-state index contributed by atoms with van der Waals surface area (Å²) in [6.07, 6.45) is 7.86. The molecule has 8 nitrogen and oxygen atoms in total. The predicted octanol–water partition coefficient (Wildman–Crippen LogP) is 7.56. The van der Waals surface area contributed by atoms with Crippen LogP contribution in [0.15, 0.2) is 54.7 Å². The van der Waals surface area contributed by atoms with E-state index in [1.54, 1.807) is 19.1 Å². The monoisotopic (exact) mass is 714 g/mol. The molecule has 1 atom stereocenters. The molecule has 0 radical (unpaired) electrons. The van der Waals surface area contributed by atoms with E-state index >= 15 is 4.39 Å². The fourth-order valence-corrected chi connectivity index (χ4v) is 6.29. The molecular formula is C39H53ClF2N4O4. The van der Waals surface area contributed by atoms with Crippen molar-refractivity contribution in [3.63, 3.8) is 0 Å². The number of aryl methyl sites for hydroxylation is 1. The molecule has 0 spiro atoms. The van der Waals surface area contributed by atoms with Crippen molar-refractivity contribution in [1.29, 1.82) is 0 Å². The summed E-state index contributed by atoms with van der Waals surface area (Å²) >= 11 is 6.31. The first-order chi connectivity index (χ1) is 24.0. The van der Waals surface area contributed by atoms with E-state index < -0.39 is 11.6 Å². The molecule has 1 aliphatic carbocycles. The van der Waals surface area contributed by atoms with Crippen LogP contribution < -0.4 is 26.3 Å². The lowest BCUT2D eigenvalue weighted by Gasteiger charge is -2.32. The topological polar surface area (TPSA) is 120 Å². The fourth-order valence-electron chi connectivity index (χ4n) is 6.03. The summed E-state index contributed by atoms with van der Waals surface area (Å²) in [5, 5.41) is 2.64. The molecule has 274 valence electrons. The van der Waals surface area contributed by atoms with Gasteiger partial charge in [0.05, 0.1) is 18.3 Å². The van der Waals surface area contributed by atoms with Crippen LogP contribution in [0.25, 0.3) is 11.1 Å². The molecule has 0 bridgehead atoms. The van der Waals surface area contributed by atoms with Crippen LogP contribution >= 0.6 is 11.6 Å². The molecule has 1 amide bonds. The molecule has 0 aromatic heterocycles. The smallest absolute Gasteiger partial charge is 0.225 e. The standard InChI is InChI=1S/C22H17ClF2O2.C13H26N2O.C2H3NO.C2H7N/c1-12-8-9-16(26-2)22(25)19(12)20-14-10-17(13-6-4-3-5-7-13)27-18(14)11-15(24)21(20)23;1-11(2)15(10-6-9-14)13(16)12-7-4-3-5-8-12;3-1-2-4;1-3-2/h3-9,11,17H,10H2,1-2H3;11-12H,3-10,14H2,1-2H3;1H,3H2;3H,1-2H3. The molecule has 3 aromatic rings. The van der Waals surface area contributed by atoms with E-state index in [4.69, 9.17) is 31.6 Å². The highest BCUT2D eigenvalue weighted by molar-refractivity contribution is 6.34. The van der Waals surface area contributed by atoms with E-state index in [0.29, 0.717) is 47.4 Å². The lowest BCUT2D eigenvalue weighted by atomic mass is 9.88. The van der Waals surface area contributed by atoms with E-state index in [1.807, 2.05) is 49.3 Å². The first kappa shape index (κ1) is 42.2. The minimum absolute atomic E-state index is 0.0863. The molecule has 1 heterocycles. The zero-order valence-electron chi connectivity index (χ0n) is 30.2. The van der Waals surface area contributed by atoms with Crippen LogP contribution in [0.4, 0.5) is 8.78 Å². The molecule has 2 aliphatic rings. The van der Waals surface area contributed by atoms with Gasteiger partial charge in [0.25, 0.3) is 0 Å². The van der Waals surface area contributed by atoms with E-state index in [9.17, 15) is 9.18 Å². The number of carbonyl (C=O) groups excluding carboxylic acids is 2. The average molecular weight is 715 g/mol. The van der Waals surface area contributed by atoms with Gasteiger partial charge >= 0.3 is 0 Å². The first-order valence-corrected chi connectivity index (χ1v) is 17.4. The highest BCUT2D eigenvalue weighted by atomic mass is 35.5. The van der Waals surface area contributed by atoms with E-state index in [-0.39, 0.29) is 28.4 Å². The van der Waals surface area contributed by atoms with Gasteiger partial charge in [0.15, 0.2) is 11.6 Å². The van der Waals surface area contributed by atoms with Crippen molar-refractivity contribution in [2.45, 2.75) is 77.9 Å². The van der Waals surface area contributed by atoms with Gasteiger partial charge in [0.2, 0.25) is 5.91 Å². The number of hydrogen-bond donors (Lipinski definition) is 3. The zero-order chi connectivity index (χ0) is 37.2. The van der Waals surface area contributed by atoms with Crippen LogP contribution in [-0.4, -0.2) is 57.1 Å². The third-order valence-corrected chi connectivity index (χ3v) is 8.80. The Labute approximate surface area is 301 Å². The summed E-state index contributed by atoms with van der Waals surface area (Å²) < 4.78 is 40.7. The summed E-state index contributed by atoms with van der Waals surface area (Å²) in [4.78, 5) is 23.2. The molecular weight excluding hydrogens is 662 g/mol. The quantitative estimate of drug-likeness (QED) is 0.206. The number of carbonyl (C=O) groups is 1. The number of nitrogens with one attached hydrogen (secondary N) is 1. The summed E-state index contributed by atoms with van der Waals surface area (Å²) in [5.74, 6) is 1.26. The van der Waals surface area contributed by atoms with Gasteiger partial charge in [-0.2, -0.15) is 0 Å². The summed E-state index contributed by atoms with van der Waals surface area (Å²) in [6.45, 7) is 7.44. The highest BCUT2D eigenvalue weighted by Gasteiger charge is 2.32. The average Bonchev–Trinajstić information content (AvgIpc) is 3.55. The van der Waals surface area contributed by atoms with Gasteiger partial charge in [-0.15, -0.1) is 0 Å². The molecule has 5 rings (SSSR count). The van der Waals surface area contributed by atoms with Crippen LogP contribution in [0.1, 0.15) is 75.2 Å². The minimum atomic E-state index is -0.638. The van der Waals surface area contributed by atoms with Crippen molar-refractivity contribution >= 4 is 23.4 Å². The summed E-state index contributed by atoms with van der Waals surface area (Å²) in [5.41, 5.74) is 12.9. The number of benzene rings is 3. The second-order valence-corrected chi connectivity index (χ2v) is 12.8. The van der Waals surface area contributed by atoms with Crippen molar-refractivity contribution in [2.24, 2.45) is 17.4 Å². The molecule has 1 fully saturated rings. The fraction of sp³-hybridized carbons (Fsp3) is 0.462. The highest BCUT2D eigenvalue weighted by Crippen LogP contribution is 2.48. The number of amides is 1. The number of methoxy groups -OCH3 is 1. The molecule has 1 aliphatic heterocycles. The Hall–Kier alpha value is -3.95. The van der Waals surface area contributed by atoms with Gasteiger partial charge in [-0.25, -0.2) is 13.6 Å². The van der Waals surface area contributed by atoms with Gasteiger partial charge in [-0.3, -0.25) is 4.79 Å². The Morgan fingerprint density at radius 3 is 2.28 bits per heavy atom. The molecule has 1 saturated carbocycles. The third kappa shape index (κ3) is 11.6. The van der Waals surface area contributed by atoms with E-state index in [2.05, 4.69) is 24.9 Å². The second kappa shape index (κ2) is 22.0. The molecule has 0 saturated heterocycles. The lowest BCUT2D eigenvalue weighted by Crippen LogP contribution is -2.42. The van der Waals surface area contributed by atoms with Crippen molar-refractivity contribution in [2.75, 3.05) is 34.3 Å².